The molecule has 1 N–H and O–H groups in total. The molecule has 0 saturated carbocycles. The molecule has 0 atom stereocenters. The van der Waals surface area contributed by atoms with Crippen molar-refractivity contribution in [2.45, 2.75) is 13.0 Å². The quantitative estimate of drug-likeness (QED) is 0.767. The first kappa shape index (κ1) is 15.5. The predicted molar refractivity (Wildman–Crippen MR) is 102 cm³/mol. The van der Waals surface area contributed by atoms with Crippen LogP contribution in [0.2, 0.25) is 0 Å². The molecule has 3 aromatic rings. The van der Waals surface area contributed by atoms with Crippen molar-refractivity contribution in [3.05, 3.63) is 95.6 Å². The number of nitrogens with zero attached hydrogens (tertiary/aromatic N) is 1. The highest BCUT2D eigenvalue weighted by Crippen LogP contribution is 2.25. The van der Waals surface area contributed by atoms with Gasteiger partial charge in [0.2, 0.25) is 0 Å². The predicted octanol–water partition coefficient (Wildman–Crippen LogP) is 4.50. The third kappa shape index (κ3) is 3.41. The van der Waals surface area contributed by atoms with Gasteiger partial charge in [0.15, 0.2) is 0 Å². The van der Waals surface area contributed by atoms with Crippen molar-refractivity contribution in [2.75, 3.05) is 16.8 Å². The number of fused-ring (bicyclic) bond motifs is 1. The zero-order chi connectivity index (χ0) is 17.1. The maximum absolute atomic E-state index is 12.2. The molecule has 1 aliphatic heterocycles. The van der Waals surface area contributed by atoms with Gasteiger partial charge in [-0.15, -0.1) is 0 Å². The lowest BCUT2D eigenvalue weighted by Crippen LogP contribution is -2.30. The van der Waals surface area contributed by atoms with E-state index in [1.807, 2.05) is 42.5 Å². The summed E-state index contributed by atoms with van der Waals surface area (Å²) in [6.45, 7) is 1.96. The van der Waals surface area contributed by atoms with Gasteiger partial charge in [0, 0.05) is 30.0 Å². The number of rotatable bonds is 3. The van der Waals surface area contributed by atoms with E-state index >= 15 is 0 Å². The van der Waals surface area contributed by atoms with E-state index in [4.69, 9.17) is 0 Å². The van der Waals surface area contributed by atoms with Crippen LogP contribution in [0, 0.1) is 0 Å². The van der Waals surface area contributed by atoms with Gasteiger partial charge in [0.25, 0.3) is 5.91 Å². The Hall–Kier alpha value is -3.07. The minimum atomic E-state index is -0.0831. The number of carbonyl (C=O) groups is 1. The van der Waals surface area contributed by atoms with E-state index in [2.05, 4.69) is 46.6 Å². The van der Waals surface area contributed by atoms with E-state index in [0.29, 0.717) is 5.56 Å². The van der Waals surface area contributed by atoms with Crippen LogP contribution < -0.4 is 10.2 Å². The Balaban J connectivity index is 1.45. The molecule has 3 nitrogen and oxygen atoms in total. The van der Waals surface area contributed by atoms with Crippen molar-refractivity contribution in [1.82, 2.24) is 0 Å². The first-order chi connectivity index (χ1) is 12.3. The molecule has 0 unspecified atom stereocenters. The number of anilines is 2. The molecule has 25 heavy (non-hydrogen) atoms. The summed E-state index contributed by atoms with van der Waals surface area (Å²) < 4.78 is 0. The van der Waals surface area contributed by atoms with Crippen LogP contribution in [0.4, 0.5) is 11.4 Å². The van der Waals surface area contributed by atoms with Crippen molar-refractivity contribution in [3.63, 3.8) is 0 Å². The summed E-state index contributed by atoms with van der Waals surface area (Å²) in [5.74, 6) is -0.0831. The molecule has 0 fully saturated rings. The Morgan fingerprint density at radius 3 is 2.24 bits per heavy atom. The summed E-state index contributed by atoms with van der Waals surface area (Å²) >= 11 is 0. The van der Waals surface area contributed by atoms with Crippen molar-refractivity contribution < 1.29 is 4.79 Å². The SMILES string of the molecule is O=C(Nc1ccc(N2CCc3ccccc3C2)cc1)c1ccccc1. The molecule has 0 aromatic heterocycles. The molecule has 4 rings (SSSR count). The summed E-state index contributed by atoms with van der Waals surface area (Å²) in [7, 11) is 0. The Bertz CT molecular complexity index is 872. The largest absolute Gasteiger partial charge is 0.367 e. The van der Waals surface area contributed by atoms with E-state index in [0.717, 1.165) is 25.2 Å². The second-order valence-electron chi connectivity index (χ2n) is 6.31. The van der Waals surface area contributed by atoms with Crippen molar-refractivity contribution in [3.8, 4) is 0 Å². The van der Waals surface area contributed by atoms with E-state index in [1.165, 1.54) is 16.8 Å². The van der Waals surface area contributed by atoms with Crippen LogP contribution in [0.3, 0.4) is 0 Å². The summed E-state index contributed by atoms with van der Waals surface area (Å²) in [4.78, 5) is 14.6. The third-order valence-electron chi connectivity index (χ3n) is 4.66. The number of amides is 1. The minimum Gasteiger partial charge on any atom is -0.367 e. The molecule has 0 radical (unpaired) electrons. The van der Waals surface area contributed by atoms with Crippen LogP contribution in [-0.4, -0.2) is 12.5 Å². The van der Waals surface area contributed by atoms with Gasteiger partial charge in [0.05, 0.1) is 0 Å². The van der Waals surface area contributed by atoms with Gasteiger partial charge in [-0.3, -0.25) is 4.79 Å². The van der Waals surface area contributed by atoms with Crippen molar-refractivity contribution in [1.29, 1.82) is 0 Å². The van der Waals surface area contributed by atoms with Gasteiger partial charge in [-0.1, -0.05) is 42.5 Å². The second kappa shape index (κ2) is 6.81. The van der Waals surface area contributed by atoms with Gasteiger partial charge in [-0.2, -0.15) is 0 Å². The molecular weight excluding hydrogens is 308 g/mol. The maximum Gasteiger partial charge on any atom is 0.255 e. The fourth-order valence-electron chi connectivity index (χ4n) is 3.26. The van der Waals surface area contributed by atoms with Crippen LogP contribution in [-0.2, 0) is 13.0 Å². The van der Waals surface area contributed by atoms with E-state index in [1.54, 1.807) is 0 Å². The Morgan fingerprint density at radius 2 is 1.48 bits per heavy atom. The topological polar surface area (TPSA) is 32.3 Å². The average molecular weight is 328 g/mol. The monoisotopic (exact) mass is 328 g/mol. The summed E-state index contributed by atoms with van der Waals surface area (Å²) in [6.07, 6.45) is 1.07. The molecule has 3 aromatic carbocycles. The molecule has 0 saturated heterocycles. The fraction of sp³-hybridized carbons (Fsp3) is 0.136. The first-order valence-electron chi connectivity index (χ1n) is 8.58. The highest BCUT2D eigenvalue weighted by Gasteiger charge is 2.16. The lowest BCUT2D eigenvalue weighted by molar-refractivity contribution is 0.102. The molecule has 0 bridgehead atoms. The van der Waals surface area contributed by atoms with E-state index in [9.17, 15) is 4.79 Å². The summed E-state index contributed by atoms with van der Waals surface area (Å²) in [5.41, 5.74) is 5.52. The zero-order valence-electron chi connectivity index (χ0n) is 14.0. The average Bonchev–Trinajstić information content (AvgIpc) is 2.69. The van der Waals surface area contributed by atoms with E-state index in [-0.39, 0.29) is 5.91 Å². The lowest BCUT2D eigenvalue weighted by atomic mass is 9.99. The molecule has 3 heteroatoms. The Labute approximate surface area is 147 Å². The Morgan fingerprint density at radius 1 is 0.800 bits per heavy atom. The van der Waals surface area contributed by atoms with Crippen LogP contribution >= 0.6 is 0 Å². The minimum absolute atomic E-state index is 0.0831. The third-order valence-corrected chi connectivity index (χ3v) is 4.66. The maximum atomic E-state index is 12.2. The van der Waals surface area contributed by atoms with Gasteiger partial charge >= 0.3 is 0 Å². The van der Waals surface area contributed by atoms with Gasteiger partial charge < -0.3 is 10.2 Å². The van der Waals surface area contributed by atoms with E-state index < -0.39 is 0 Å². The van der Waals surface area contributed by atoms with Crippen LogP contribution in [0.25, 0.3) is 0 Å². The highest BCUT2D eigenvalue weighted by atomic mass is 16.1. The molecule has 0 aliphatic carbocycles. The van der Waals surface area contributed by atoms with Crippen LogP contribution in [0.1, 0.15) is 21.5 Å². The molecule has 0 spiro atoms. The van der Waals surface area contributed by atoms with Gasteiger partial charge in [-0.05, 0) is 53.9 Å². The zero-order valence-corrected chi connectivity index (χ0v) is 14.0. The standard InChI is InChI=1S/C22H20N2O/c25-22(18-7-2-1-3-8-18)23-20-10-12-21(13-11-20)24-15-14-17-6-4-5-9-19(17)16-24/h1-13H,14-16H2,(H,23,25). The highest BCUT2D eigenvalue weighted by molar-refractivity contribution is 6.04. The number of benzene rings is 3. The van der Waals surface area contributed by atoms with Crippen LogP contribution in [0.5, 0.6) is 0 Å². The lowest BCUT2D eigenvalue weighted by Gasteiger charge is -2.30. The Kier molecular flexibility index (Phi) is 4.21. The molecule has 1 amide bonds. The normalized spacial score (nSPS) is 13.2. The molecule has 1 aliphatic rings. The smallest absolute Gasteiger partial charge is 0.255 e. The number of hydrogen-bond acceptors (Lipinski definition) is 2. The molecular formula is C22H20N2O. The number of carbonyl (C=O) groups excluding carboxylic acids is 1. The van der Waals surface area contributed by atoms with Crippen molar-refractivity contribution in [2.24, 2.45) is 0 Å². The van der Waals surface area contributed by atoms with Gasteiger partial charge in [-0.25, -0.2) is 0 Å². The fourth-order valence-corrected chi connectivity index (χ4v) is 3.26. The molecule has 1 heterocycles. The second-order valence-corrected chi connectivity index (χ2v) is 6.31. The summed E-state index contributed by atoms with van der Waals surface area (Å²) in [5, 5.41) is 2.95. The number of hydrogen-bond donors (Lipinski definition) is 1. The van der Waals surface area contributed by atoms with Crippen LogP contribution in [0.15, 0.2) is 78.9 Å². The van der Waals surface area contributed by atoms with Crippen molar-refractivity contribution >= 4 is 17.3 Å². The van der Waals surface area contributed by atoms with Gasteiger partial charge in [0.1, 0.15) is 0 Å². The summed E-state index contributed by atoms with van der Waals surface area (Å²) in [6, 6.07) is 26.0. The first-order valence-corrected chi connectivity index (χ1v) is 8.58. The molecule has 124 valence electrons. The number of nitrogens with one attached hydrogen (secondary N) is 1.